The average Bonchev–Trinajstić information content (AvgIpc) is 3.28. The van der Waals surface area contributed by atoms with Gasteiger partial charge in [-0.15, -0.1) is 29.9 Å². The van der Waals surface area contributed by atoms with E-state index in [1.807, 2.05) is 12.1 Å². The van der Waals surface area contributed by atoms with Crippen molar-refractivity contribution in [3.63, 3.8) is 0 Å². The van der Waals surface area contributed by atoms with Crippen molar-refractivity contribution in [2.45, 2.75) is 31.8 Å². The van der Waals surface area contributed by atoms with Crippen molar-refractivity contribution in [2.75, 3.05) is 13.7 Å². The van der Waals surface area contributed by atoms with Crippen molar-refractivity contribution in [3.8, 4) is 11.4 Å². The molecule has 1 aliphatic rings. The molecule has 0 spiro atoms. The van der Waals surface area contributed by atoms with E-state index >= 15 is 0 Å². The molecule has 0 radical (unpaired) electrons. The number of hydrogen-bond donors (Lipinski definition) is 1. The van der Waals surface area contributed by atoms with Crippen LogP contribution in [-0.2, 0) is 6.54 Å². The molecule has 4 rings (SSSR count). The Morgan fingerprint density at radius 1 is 1.10 bits per heavy atom. The van der Waals surface area contributed by atoms with E-state index in [1.165, 1.54) is 24.8 Å². The lowest BCUT2D eigenvalue weighted by Gasteiger charge is -2.36. The van der Waals surface area contributed by atoms with Gasteiger partial charge in [-0.3, -0.25) is 5.43 Å². The molecule has 0 unspecified atom stereocenters. The maximum Gasteiger partial charge on any atom is 0.143 e. The van der Waals surface area contributed by atoms with Gasteiger partial charge in [0.2, 0.25) is 0 Å². The van der Waals surface area contributed by atoms with Crippen LogP contribution in [0.25, 0.3) is 5.69 Å². The number of nitrogens with zero attached hydrogens (tertiary/aromatic N) is 5. The van der Waals surface area contributed by atoms with Crippen molar-refractivity contribution in [1.82, 2.24) is 30.6 Å². The summed E-state index contributed by atoms with van der Waals surface area (Å²) in [7, 11) is 1.70. The molecular formula is C20H26Cl2N6O. The molecule has 0 aliphatic carbocycles. The number of hydrogen-bond acceptors (Lipinski definition) is 6. The largest absolute Gasteiger partial charge is 0.496 e. The third-order valence-electron chi connectivity index (χ3n) is 5.04. The van der Waals surface area contributed by atoms with Gasteiger partial charge in [0.25, 0.3) is 0 Å². The van der Waals surface area contributed by atoms with E-state index in [9.17, 15) is 0 Å². The van der Waals surface area contributed by atoms with Gasteiger partial charge in [-0.1, -0.05) is 36.8 Å². The van der Waals surface area contributed by atoms with Crippen LogP contribution in [0, 0.1) is 0 Å². The van der Waals surface area contributed by atoms with Crippen molar-refractivity contribution in [1.29, 1.82) is 0 Å². The molecule has 1 N–H and O–H groups in total. The standard InChI is InChI=1S/C20H24N6O.2ClH/c1-27-20-11-10-18(26-15-21-23-24-26)13-17(20)14-22-25-12-6-5-9-19(25)16-7-3-2-4-8-16;;/h2-4,7-8,10-11,13,15,19,22H,5-6,9,12,14H2,1H3;2*1H/t19-;;/m0../s1. The summed E-state index contributed by atoms with van der Waals surface area (Å²) >= 11 is 0. The summed E-state index contributed by atoms with van der Waals surface area (Å²) in [5, 5.41) is 13.8. The summed E-state index contributed by atoms with van der Waals surface area (Å²) in [6, 6.07) is 17.1. The highest BCUT2D eigenvalue weighted by Crippen LogP contribution is 2.30. The zero-order chi connectivity index (χ0) is 18.5. The summed E-state index contributed by atoms with van der Waals surface area (Å²) < 4.78 is 7.20. The van der Waals surface area contributed by atoms with E-state index < -0.39 is 0 Å². The molecule has 156 valence electrons. The molecule has 7 nitrogen and oxygen atoms in total. The topological polar surface area (TPSA) is 68.1 Å². The fourth-order valence-electron chi connectivity index (χ4n) is 3.65. The molecule has 0 amide bonds. The molecule has 1 atom stereocenters. The van der Waals surface area contributed by atoms with E-state index in [0.717, 1.165) is 23.5 Å². The normalized spacial score (nSPS) is 16.5. The Morgan fingerprint density at radius 3 is 2.66 bits per heavy atom. The van der Waals surface area contributed by atoms with Crippen LogP contribution in [0.4, 0.5) is 0 Å². The number of nitrogens with one attached hydrogen (secondary N) is 1. The molecule has 3 aromatic rings. The summed E-state index contributed by atoms with van der Waals surface area (Å²) in [6.45, 7) is 1.72. The minimum atomic E-state index is 0. The Labute approximate surface area is 183 Å². The Kier molecular flexibility index (Phi) is 8.85. The summed E-state index contributed by atoms with van der Waals surface area (Å²) in [5.74, 6) is 0.854. The van der Waals surface area contributed by atoms with Crippen LogP contribution in [0.3, 0.4) is 0 Å². The molecule has 1 fully saturated rings. The number of rotatable bonds is 6. The van der Waals surface area contributed by atoms with Crippen LogP contribution in [0.15, 0.2) is 54.9 Å². The van der Waals surface area contributed by atoms with Crippen molar-refractivity contribution >= 4 is 24.8 Å². The number of ether oxygens (including phenoxy) is 1. The second-order valence-electron chi connectivity index (χ2n) is 6.70. The fraction of sp³-hybridized carbons (Fsp3) is 0.350. The highest BCUT2D eigenvalue weighted by molar-refractivity contribution is 5.85. The van der Waals surface area contributed by atoms with Gasteiger partial charge >= 0.3 is 0 Å². The SMILES string of the molecule is COc1ccc(-n2cnnn2)cc1CNN1CCCC[C@H]1c1ccccc1.Cl.Cl. The van der Waals surface area contributed by atoms with Crippen LogP contribution in [-0.4, -0.2) is 38.9 Å². The third kappa shape index (κ3) is 5.45. The first kappa shape index (κ1) is 23.1. The maximum absolute atomic E-state index is 5.55. The number of piperidine rings is 1. The Hall–Kier alpha value is -2.19. The molecule has 2 heterocycles. The van der Waals surface area contributed by atoms with Gasteiger partial charge in [0.15, 0.2) is 0 Å². The lowest BCUT2D eigenvalue weighted by Crippen LogP contribution is -2.43. The minimum Gasteiger partial charge on any atom is -0.496 e. The molecule has 9 heteroatoms. The van der Waals surface area contributed by atoms with Crippen molar-refractivity contribution in [3.05, 3.63) is 66.0 Å². The van der Waals surface area contributed by atoms with Crippen LogP contribution in [0.1, 0.15) is 36.4 Å². The third-order valence-corrected chi connectivity index (χ3v) is 5.04. The molecule has 1 aliphatic heterocycles. The summed E-state index contributed by atoms with van der Waals surface area (Å²) in [6.07, 6.45) is 5.22. The van der Waals surface area contributed by atoms with E-state index in [-0.39, 0.29) is 24.8 Å². The van der Waals surface area contributed by atoms with Gasteiger partial charge in [-0.2, -0.15) is 0 Å². The monoisotopic (exact) mass is 436 g/mol. The average molecular weight is 437 g/mol. The highest BCUT2D eigenvalue weighted by atomic mass is 35.5. The predicted molar refractivity (Wildman–Crippen MR) is 117 cm³/mol. The van der Waals surface area contributed by atoms with Crippen molar-refractivity contribution in [2.24, 2.45) is 0 Å². The molecule has 29 heavy (non-hydrogen) atoms. The zero-order valence-electron chi connectivity index (χ0n) is 16.3. The van der Waals surface area contributed by atoms with Crippen LogP contribution in [0.5, 0.6) is 5.75 Å². The van der Waals surface area contributed by atoms with Crippen LogP contribution < -0.4 is 10.2 Å². The van der Waals surface area contributed by atoms with Gasteiger partial charge in [-0.25, -0.2) is 9.69 Å². The molecular weight excluding hydrogens is 411 g/mol. The smallest absolute Gasteiger partial charge is 0.143 e. The first-order valence-electron chi connectivity index (χ1n) is 9.30. The minimum absolute atomic E-state index is 0. The fourth-order valence-corrected chi connectivity index (χ4v) is 3.65. The van der Waals surface area contributed by atoms with E-state index in [1.54, 1.807) is 18.1 Å². The number of aromatic nitrogens is 4. The first-order chi connectivity index (χ1) is 13.3. The second kappa shape index (κ2) is 11.1. The highest BCUT2D eigenvalue weighted by Gasteiger charge is 2.23. The number of hydrazine groups is 1. The molecule has 0 saturated carbocycles. The number of tetrazole rings is 1. The zero-order valence-corrected chi connectivity index (χ0v) is 17.9. The lowest BCUT2D eigenvalue weighted by atomic mass is 9.97. The lowest BCUT2D eigenvalue weighted by molar-refractivity contribution is 0.0822. The first-order valence-corrected chi connectivity index (χ1v) is 9.30. The second-order valence-corrected chi connectivity index (χ2v) is 6.70. The van der Waals surface area contributed by atoms with E-state index in [2.05, 4.69) is 62.4 Å². The van der Waals surface area contributed by atoms with Gasteiger partial charge in [0.05, 0.1) is 12.8 Å². The van der Waals surface area contributed by atoms with E-state index in [0.29, 0.717) is 12.6 Å². The van der Waals surface area contributed by atoms with Crippen LogP contribution >= 0.6 is 24.8 Å². The molecule has 2 aromatic carbocycles. The maximum atomic E-state index is 5.55. The van der Waals surface area contributed by atoms with Crippen LogP contribution in [0.2, 0.25) is 0 Å². The quantitative estimate of drug-likeness (QED) is 0.634. The van der Waals surface area contributed by atoms with E-state index in [4.69, 9.17) is 4.74 Å². The Morgan fingerprint density at radius 2 is 1.93 bits per heavy atom. The summed E-state index contributed by atoms with van der Waals surface area (Å²) in [4.78, 5) is 0. The molecule has 1 aromatic heterocycles. The Bertz CT molecular complexity index is 863. The van der Waals surface area contributed by atoms with Gasteiger partial charge in [0.1, 0.15) is 12.1 Å². The van der Waals surface area contributed by atoms with Gasteiger partial charge < -0.3 is 4.74 Å². The van der Waals surface area contributed by atoms with Gasteiger partial charge in [-0.05, 0) is 47.0 Å². The molecule has 1 saturated heterocycles. The van der Waals surface area contributed by atoms with Gasteiger partial charge in [0, 0.05) is 24.7 Å². The van der Waals surface area contributed by atoms with Crippen molar-refractivity contribution < 1.29 is 4.74 Å². The predicted octanol–water partition coefficient (Wildman–Crippen LogP) is 3.75. The summed E-state index contributed by atoms with van der Waals surface area (Å²) in [5.41, 5.74) is 6.97. The number of benzene rings is 2. The number of halogens is 2. The number of methoxy groups -OCH3 is 1. The molecule has 0 bridgehead atoms. The Balaban J connectivity index is 0.00000150.